The van der Waals surface area contributed by atoms with Crippen molar-refractivity contribution in [3.63, 3.8) is 0 Å². The maximum absolute atomic E-state index is 5.92. The van der Waals surface area contributed by atoms with E-state index in [-0.39, 0.29) is 0 Å². The molecule has 0 aromatic heterocycles. The first-order chi connectivity index (χ1) is 7.15. The van der Waals surface area contributed by atoms with Crippen molar-refractivity contribution in [3.05, 3.63) is 66.6 Å². The molecule has 2 heteroatoms. The normalized spacial score (nSPS) is 11.5. The minimum Gasteiger partial charge on any atom is -0.461 e. The van der Waals surface area contributed by atoms with Crippen LogP contribution < -0.4 is 5.73 Å². The van der Waals surface area contributed by atoms with Crippen LogP contribution in [0.3, 0.4) is 0 Å². The van der Waals surface area contributed by atoms with Crippen LogP contribution in [0.4, 0.5) is 0 Å². The molecule has 0 spiro atoms. The molecule has 0 saturated heterocycles. The van der Waals surface area contributed by atoms with Crippen LogP contribution >= 0.6 is 0 Å². The summed E-state index contributed by atoms with van der Waals surface area (Å²) in [7, 11) is 0. The molecule has 0 heterocycles. The van der Waals surface area contributed by atoms with E-state index in [1.807, 2.05) is 30.3 Å². The van der Waals surface area contributed by atoms with Crippen molar-refractivity contribution < 1.29 is 4.74 Å². The molecule has 0 unspecified atom stereocenters. The minimum absolute atomic E-state index is 0.492. The monoisotopic (exact) mass is 201 g/mol. The summed E-state index contributed by atoms with van der Waals surface area (Å²) in [5.41, 5.74) is 7.47. The van der Waals surface area contributed by atoms with E-state index in [1.165, 1.54) is 0 Å². The van der Waals surface area contributed by atoms with E-state index in [0.29, 0.717) is 17.2 Å². The number of hydrogen-bond donors (Lipinski definition) is 1. The van der Waals surface area contributed by atoms with Gasteiger partial charge in [-0.25, -0.2) is 0 Å². The summed E-state index contributed by atoms with van der Waals surface area (Å²) < 4.78 is 5.36. The number of hydrogen-bond acceptors (Lipinski definition) is 2. The average molecular weight is 201 g/mol. The molecule has 0 amide bonds. The third-order valence-corrected chi connectivity index (χ3v) is 1.98. The Morgan fingerprint density at radius 2 is 1.93 bits per heavy atom. The molecule has 0 saturated carbocycles. The highest BCUT2D eigenvalue weighted by Gasteiger charge is 2.02. The molecule has 1 aromatic carbocycles. The Balaban J connectivity index is 2.90. The number of benzene rings is 1. The van der Waals surface area contributed by atoms with Crippen LogP contribution in [0.25, 0.3) is 5.70 Å². The highest BCUT2D eigenvalue weighted by atomic mass is 16.5. The van der Waals surface area contributed by atoms with Gasteiger partial charge in [0.2, 0.25) is 0 Å². The largest absolute Gasteiger partial charge is 0.461 e. The Kier molecular flexibility index (Phi) is 3.75. The molecule has 0 atom stereocenters. The lowest BCUT2D eigenvalue weighted by Crippen LogP contribution is -2.01. The Hall–Kier alpha value is -1.96. The molecule has 2 nitrogen and oxygen atoms in total. The molecule has 0 bridgehead atoms. The van der Waals surface area contributed by atoms with Gasteiger partial charge in [-0.1, -0.05) is 43.5 Å². The molecule has 78 valence electrons. The van der Waals surface area contributed by atoms with Crippen LogP contribution in [0, 0.1) is 0 Å². The maximum atomic E-state index is 5.92. The first-order valence-corrected chi connectivity index (χ1v) is 4.66. The number of allylic oxidation sites excluding steroid dienone is 2. The van der Waals surface area contributed by atoms with Gasteiger partial charge in [0, 0.05) is 5.56 Å². The predicted octanol–water partition coefficient (Wildman–Crippen LogP) is 3.05. The summed E-state index contributed by atoms with van der Waals surface area (Å²) in [5, 5.41) is 0. The number of nitrogens with two attached hydrogens (primary N) is 1. The molecule has 0 aliphatic heterocycles. The first-order valence-electron chi connectivity index (χ1n) is 4.66. The summed E-state index contributed by atoms with van der Waals surface area (Å²) >= 11 is 0. The zero-order valence-corrected chi connectivity index (χ0v) is 8.86. The van der Waals surface area contributed by atoms with Gasteiger partial charge in [0.1, 0.15) is 11.5 Å². The number of rotatable bonds is 4. The van der Waals surface area contributed by atoms with Crippen molar-refractivity contribution >= 4 is 5.70 Å². The molecule has 1 rings (SSSR count). The average Bonchev–Trinajstić information content (AvgIpc) is 2.29. The standard InChI is InChI=1S/C13H15NO/c1-4-10(2)15-11(3)13(14)12-8-6-5-7-9-12/h4-9H,1-2,14H2,3H3/b13-11+. The van der Waals surface area contributed by atoms with E-state index < -0.39 is 0 Å². The molecule has 0 aliphatic rings. The van der Waals surface area contributed by atoms with Crippen LogP contribution in [0.5, 0.6) is 0 Å². The lowest BCUT2D eigenvalue weighted by molar-refractivity contribution is 0.326. The van der Waals surface area contributed by atoms with Crippen molar-refractivity contribution in [2.24, 2.45) is 5.73 Å². The lowest BCUT2D eigenvalue weighted by Gasteiger charge is -2.09. The van der Waals surface area contributed by atoms with Gasteiger partial charge in [-0.15, -0.1) is 0 Å². The summed E-state index contributed by atoms with van der Waals surface area (Å²) in [5.74, 6) is 1.12. The third-order valence-electron chi connectivity index (χ3n) is 1.98. The van der Waals surface area contributed by atoms with Crippen LogP contribution in [-0.2, 0) is 4.74 Å². The maximum Gasteiger partial charge on any atom is 0.124 e. The van der Waals surface area contributed by atoms with Gasteiger partial charge in [0.25, 0.3) is 0 Å². The molecule has 0 fully saturated rings. The fourth-order valence-electron chi connectivity index (χ4n) is 1.11. The van der Waals surface area contributed by atoms with Gasteiger partial charge in [-0.2, -0.15) is 0 Å². The Labute approximate surface area is 90.4 Å². The van der Waals surface area contributed by atoms with Crippen molar-refractivity contribution in [1.29, 1.82) is 0 Å². The van der Waals surface area contributed by atoms with Crippen LogP contribution in [0.1, 0.15) is 12.5 Å². The Bertz CT molecular complexity index is 390. The highest BCUT2D eigenvalue weighted by Crippen LogP contribution is 2.15. The van der Waals surface area contributed by atoms with Gasteiger partial charge >= 0.3 is 0 Å². The van der Waals surface area contributed by atoms with Crippen molar-refractivity contribution in [2.75, 3.05) is 0 Å². The van der Waals surface area contributed by atoms with Gasteiger partial charge in [0.15, 0.2) is 0 Å². The fourth-order valence-corrected chi connectivity index (χ4v) is 1.11. The highest BCUT2D eigenvalue weighted by molar-refractivity contribution is 5.64. The van der Waals surface area contributed by atoms with E-state index >= 15 is 0 Å². The van der Waals surface area contributed by atoms with E-state index in [9.17, 15) is 0 Å². The topological polar surface area (TPSA) is 35.2 Å². The van der Waals surface area contributed by atoms with Crippen molar-refractivity contribution in [3.8, 4) is 0 Å². The minimum atomic E-state index is 0.492. The van der Waals surface area contributed by atoms with E-state index in [4.69, 9.17) is 10.5 Å². The summed E-state index contributed by atoms with van der Waals surface area (Å²) in [6.07, 6.45) is 1.54. The third kappa shape index (κ3) is 3.02. The Morgan fingerprint density at radius 3 is 2.47 bits per heavy atom. The van der Waals surface area contributed by atoms with Crippen LogP contribution in [-0.4, -0.2) is 0 Å². The van der Waals surface area contributed by atoms with Gasteiger partial charge < -0.3 is 10.5 Å². The first kappa shape index (κ1) is 11.1. The van der Waals surface area contributed by atoms with Crippen LogP contribution in [0.2, 0.25) is 0 Å². The quantitative estimate of drug-likeness (QED) is 0.600. The summed E-state index contributed by atoms with van der Waals surface area (Å²) in [6, 6.07) is 9.66. The van der Waals surface area contributed by atoms with Crippen LogP contribution in [0.15, 0.2) is 61.1 Å². The Morgan fingerprint density at radius 1 is 1.33 bits per heavy atom. The van der Waals surface area contributed by atoms with Crippen molar-refractivity contribution in [1.82, 2.24) is 0 Å². The summed E-state index contributed by atoms with van der Waals surface area (Å²) in [4.78, 5) is 0. The molecule has 15 heavy (non-hydrogen) atoms. The lowest BCUT2D eigenvalue weighted by atomic mass is 10.1. The van der Waals surface area contributed by atoms with Gasteiger partial charge in [-0.05, 0) is 13.0 Å². The second kappa shape index (κ2) is 5.05. The van der Waals surface area contributed by atoms with Gasteiger partial charge in [0.05, 0.1) is 5.70 Å². The van der Waals surface area contributed by atoms with E-state index in [0.717, 1.165) is 5.56 Å². The fraction of sp³-hybridized carbons (Fsp3) is 0.0769. The second-order valence-corrected chi connectivity index (χ2v) is 3.11. The van der Waals surface area contributed by atoms with E-state index in [1.54, 1.807) is 13.0 Å². The molecule has 0 radical (unpaired) electrons. The second-order valence-electron chi connectivity index (χ2n) is 3.11. The molecular formula is C13H15NO. The SMILES string of the molecule is C=CC(=C)O/C(C)=C(/N)c1ccccc1. The zero-order valence-electron chi connectivity index (χ0n) is 8.86. The summed E-state index contributed by atoms with van der Waals surface area (Å²) in [6.45, 7) is 9.02. The molecule has 0 aliphatic carbocycles. The molecule has 2 N–H and O–H groups in total. The smallest absolute Gasteiger partial charge is 0.124 e. The van der Waals surface area contributed by atoms with E-state index in [2.05, 4.69) is 13.2 Å². The molecular weight excluding hydrogens is 186 g/mol. The van der Waals surface area contributed by atoms with Crippen molar-refractivity contribution in [2.45, 2.75) is 6.92 Å². The predicted molar refractivity (Wildman–Crippen MR) is 63.6 cm³/mol. The van der Waals surface area contributed by atoms with Gasteiger partial charge in [-0.3, -0.25) is 0 Å². The molecule has 1 aromatic rings. The zero-order chi connectivity index (χ0) is 11.3. The number of ether oxygens (including phenoxy) is 1.